The van der Waals surface area contributed by atoms with Gasteiger partial charge in [-0.15, -0.1) is 0 Å². The third-order valence-corrected chi connectivity index (χ3v) is 8.01. The first-order valence-electron chi connectivity index (χ1n) is 14.8. The first kappa shape index (κ1) is 29.1. The average Bonchev–Trinajstić information content (AvgIpc) is 3.51. The summed E-state index contributed by atoms with van der Waals surface area (Å²) >= 11 is 0. The normalized spacial score (nSPS) is 12.0. The number of benzene rings is 4. The van der Waals surface area contributed by atoms with Crippen molar-refractivity contribution in [3.8, 4) is 28.7 Å². The van der Waals surface area contributed by atoms with Crippen LogP contribution in [0.4, 0.5) is 0 Å². The van der Waals surface area contributed by atoms with Gasteiger partial charge in [-0.1, -0.05) is 60.7 Å². The summed E-state index contributed by atoms with van der Waals surface area (Å²) in [6, 6.07) is 28.6. The van der Waals surface area contributed by atoms with Crippen molar-refractivity contribution in [3.63, 3.8) is 0 Å². The molecule has 5 rings (SSSR count). The number of carbonyl (C=O) groups excluding carboxylic acids is 1. The number of ether oxygens (including phenoxy) is 2. The summed E-state index contributed by atoms with van der Waals surface area (Å²) in [7, 11) is 0. The molecule has 0 unspecified atom stereocenters. The summed E-state index contributed by atoms with van der Waals surface area (Å²) in [6.45, 7) is 6.15. The molecule has 0 amide bonds. The first-order valence-corrected chi connectivity index (χ1v) is 14.8. The van der Waals surface area contributed by atoms with Gasteiger partial charge in [0.15, 0.2) is 0 Å². The summed E-state index contributed by atoms with van der Waals surface area (Å²) in [5.41, 5.74) is 10.2. The Labute approximate surface area is 249 Å². The molecule has 0 aliphatic heterocycles. The van der Waals surface area contributed by atoms with Crippen LogP contribution >= 0.6 is 0 Å². The molecule has 0 radical (unpaired) electrons. The maximum atomic E-state index is 11.4. The Morgan fingerprint density at radius 1 is 0.905 bits per heavy atom. The van der Waals surface area contributed by atoms with Crippen molar-refractivity contribution in [1.82, 2.24) is 5.32 Å². The SMILES string of the molecule is CC(=O)CCCNCc1c(OCc2ccc(C#N)cc2)cc(OCc2cccc(-c3ccccc3)c2C)c2c1CCC2. The third-order valence-electron chi connectivity index (χ3n) is 8.01. The van der Waals surface area contributed by atoms with Gasteiger partial charge in [0.25, 0.3) is 0 Å². The summed E-state index contributed by atoms with van der Waals surface area (Å²) in [5, 5.41) is 12.7. The molecule has 1 N–H and O–H groups in total. The number of rotatable bonds is 13. The Bertz CT molecular complexity index is 1570. The largest absolute Gasteiger partial charge is 0.488 e. The van der Waals surface area contributed by atoms with Crippen LogP contribution < -0.4 is 14.8 Å². The van der Waals surface area contributed by atoms with Crippen LogP contribution in [0.1, 0.15) is 65.1 Å². The molecule has 4 aromatic carbocycles. The standard InChI is InChI=1S/C37H38N2O3/c1-26(40)9-8-20-39-23-35-33-14-7-15-34(33)36(21-37(35)41-24-29-18-16-28(22-38)17-19-29)42-25-31-12-6-13-32(27(31)2)30-10-4-3-5-11-30/h3-6,10-13,16-19,21,39H,7-9,14-15,20,23-25H2,1-2H3. The van der Waals surface area contributed by atoms with Crippen LogP contribution in [0, 0.1) is 18.3 Å². The Kier molecular flexibility index (Phi) is 9.69. The van der Waals surface area contributed by atoms with Crippen LogP contribution in [0.3, 0.4) is 0 Å². The maximum absolute atomic E-state index is 11.4. The Morgan fingerprint density at radius 3 is 2.43 bits per heavy atom. The fraction of sp³-hybridized carbons (Fsp3) is 0.297. The minimum absolute atomic E-state index is 0.218. The minimum atomic E-state index is 0.218. The number of hydrogen-bond acceptors (Lipinski definition) is 5. The van der Waals surface area contributed by atoms with Gasteiger partial charge in [-0.25, -0.2) is 0 Å². The molecule has 0 fully saturated rings. The van der Waals surface area contributed by atoms with Gasteiger partial charge in [0.05, 0.1) is 11.6 Å². The van der Waals surface area contributed by atoms with Crippen molar-refractivity contribution in [2.24, 2.45) is 0 Å². The molecule has 0 spiro atoms. The van der Waals surface area contributed by atoms with Gasteiger partial charge in [-0.2, -0.15) is 5.26 Å². The number of nitrogens with zero attached hydrogens (tertiary/aromatic N) is 1. The molecule has 0 saturated carbocycles. The number of carbonyl (C=O) groups is 1. The number of Topliss-reactive ketones (excluding diaryl/α,β-unsaturated/α-hetero) is 1. The van der Waals surface area contributed by atoms with Crippen LogP contribution in [-0.2, 0) is 37.4 Å². The van der Waals surface area contributed by atoms with Crippen LogP contribution in [0.2, 0.25) is 0 Å². The molecule has 4 aromatic rings. The quantitative estimate of drug-likeness (QED) is 0.171. The van der Waals surface area contributed by atoms with Crippen molar-refractivity contribution in [3.05, 3.63) is 118 Å². The lowest BCUT2D eigenvalue weighted by Crippen LogP contribution is -2.18. The molecule has 0 aromatic heterocycles. The highest BCUT2D eigenvalue weighted by molar-refractivity contribution is 5.75. The molecule has 214 valence electrons. The van der Waals surface area contributed by atoms with Crippen molar-refractivity contribution in [1.29, 1.82) is 5.26 Å². The zero-order valence-electron chi connectivity index (χ0n) is 24.5. The van der Waals surface area contributed by atoms with E-state index < -0.39 is 0 Å². The van der Waals surface area contributed by atoms with Gasteiger partial charge in [0.1, 0.15) is 30.5 Å². The van der Waals surface area contributed by atoms with E-state index in [1.807, 2.05) is 30.3 Å². The molecule has 0 atom stereocenters. The predicted octanol–water partition coefficient (Wildman–Crippen LogP) is 7.64. The Balaban J connectivity index is 1.39. The Morgan fingerprint density at radius 2 is 1.67 bits per heavy atom. The van der Waals surface area contributed by atoms with Crippen molar-refractivity contribution >= 4 is 5.78 Å². The van der Waals surface area contributed by atoms with Crippen molar-refractivity contribution in [2.45, 2.75) is 65.7 Å². The van der Waals surface area contributed by atoms with Gasteiger partial charge in [0.2, 0.25) is 0 Å². The van der Waals surface area contributed by atoms with E-state index in [4.69, 9.17) is 14.7 Å². The molecule has 5 heteroatoms. The first-order chi connectivity index (χ1) is 20.5. The van der Waals surface area contributed by atoms with Gasteiger partial charge in [-0.05, 0) is 97.2 Å². The van der Waals surface area contributed by atoms with Crippen LogP contribution in [-0.4, -0.2) is 12.3 Å². The monoisotopic (exact) mass is 558 g/mol. The highest BCUT2D eigenvalue weighted by Crippen LogP contribution is 2.40. The Hall–Kier alpha value is -4.40. The van der Waals surface area contributed by atoms with Gasteiger partial charge >= 0.3 is 0 Å². The average molecular weight is 559 g/mol. The minimum Gasteiger partial charge on any atom is -0.488 e. The molecule has 0 saturated heterocycles. The molecular weight excluding hydrogens is 520 g/mol. The zero-order valence-corrected chi connectivity index (χ0v) is 24.5. The molecule has 1 aliphatic rings. The second kappa shape index (κ2) is 14.0. The predicted molar refractivity (Wildman–Crippen MR) is 167 cm³/mol. The van der Waals surface area contributed by atoms with Gasteiger partial charge in [-0.3, -0.25) is 0 Å². The van der Waals surface area contributed by atoms with E-state index in [2.05, 4.69) is 66.8 Å². The van der Waals surface area contributed by atoms with Crippen LogP contribution in [0.15, 0.2) is 78.9 Å². The summed E-state index contributed by atoms with van der Waals surface area (Å²) in [5.74, 6) is 1.93. The lowest BCUT2D eigenvalue weighted by molar-refractivity contribution is -0.117. The number of nitrogens with one attached hydrogen (secondary N) is 1. The zero-order chi connectivity index (χ0) is 29.3. The van der Waals surface area contributed by atoms with Crippen LogP contribution in [0.25, 0.3) is 11.1 Å². The maximum Gasteiger partial charge on any atom is 0.129 e. The van der Waals surface area contributed by atoms with Crippen molar-refractivity contribution < 1.29 is 14.3 Å². The molecule has 42 heavy (non-hydrogen) atoms. The second-order valence-electron chi connectivity index (χ2n) is 11.0. The summed E-state index contributed by atoms with van der Waals surface area (Å²) < 4.78 is 13.0. The van der Waals surface area contributed by atoms with E-state index in [-0.39, 0.29) is 5.78 Å². The molecule has 1 aliphatic carbocycles. The number of nitriles is 1. The van der Waals surface area contributed by atoms with E-state index >= 15 is 0 Å². The molecule has 0 bridgehead atoms. The van der Waals surface area contributed by atoms with E-state index in [1.54, 1.807) is 6.92 Å². The van der Waals surface area contributed by atoms with E-state index in [9.17, 15) is 4.79 Å². The van der Waals surface area contributed by atoms with E-state index in [1.165, 1.54) is 38.9 Å². The second-order valence-corrected chi connectivity index (χ2v) is 11.0. The highest BCUT2D eigenvalue weighted by atomic mass is 16.5. The van der Waals surface area contributed by atoms with Crippen molar-refractivity contribution in [2.75, 3.05) is 6.54 Å². The fourth-order valence-electron chi connectivity index (χ4n) is 5.68. The van der Waals surface area contributed by atoms with Crippen LogP contribution in [0.5, 0.6) is 11.5 Å². The molecule has 5 nitrogen and oxygen atoms in total. The van der Waals surface area contributed by atoms with Gasteiger partial charge in [0, 0.05) is 24.6 Å². The lowest BCUT2D eigenvalue weighted by atomic mass is 9.97. The summed E-state index contributed by atoms with van der Waals surface area (Å²) in [4.78, 5) is 11.4. The van der Waals surface area contributed by atoms with Gasteiger partial charge < -0.3 is 19.6 Å². The fourth-order valence-corrected chi connectivity index (χ4v) is 5.68. The lowest BCUT2D eigenvalue weighted by Gasteiger charge is -2.20. The topological polar surface area (TPSA) is 71.3 Å². The molecule has 0 heterocycles. The third kappa shape index (κ3) is 7.08. The smallest absolute Gasteiger partial charge is 0.129 e. The highest BCUT2D eigenvalue weighted by Gasteiger charge is 2.24. The van der Waals surface area contributed by atoms with E-state index in [0.717, 1.165) is 49.3 Å². The van der Waals surface area contributed by atoms with E-state index in [0.29, 0.717) is 31.7 Å². The number of hydrogen-bond donors (Lipinski definition) is 1. The number of ketones is 1. The molecular formula is C37H38N2O3. The summed E-state index contributed by atoms with van der Waals surface area (Å²) in [6.07, 6.45) is 4.48. The number of fused-ring (bicyclic) bond motifs is 1.